The van der Waals surface area contributed by atoms with Crippen LogP contribution in [0.4, 0.5) is 0 Å². The van der Waals surface area contributed by atoms with Crippen LogP contribution in [-0.2, 0) is 19.2 Å². The van der Waals surface area contributed by atoms with Crippen molar-refractivity contribution in [1.82, 2.24) is 0 Å². The zero-order valence-corrected chi connectivity index (χ0v) is 21.1. The molecule has 34 heavy (non-hydrogen) atoms. The van der Waals surface area contributed by atoms with Gasteiger partial charge in [0.25, 0.3) is 0 Å². The van der Waals surface area contributed by atoms with E-state index >= 15 is 0 Å². The van der Waals surface area contributed by atoms with E-state index in [1.54, 1.807) is 13.8 Å². The van der Waals surface area contributed by atoms with Crippen molar-refractivity contribution < 1.29 is 34.5 Å². The van der Waals surface area contributed by atoms with Crippen LogP contribution in [0.2, 0.25) is 0 Å². The molecule has 3 N–H and O–H groups in total. The van der Waals surface area contributed by atoms with Crippen molar-refractivity contribution in [3.63, 3.8) is 0 Å². The third kappa shape index (κ3) is 2.89. The van der Waals surface area contributed by atoms with Crippen LogP contribution < -0.4 is 0 Å². The summed E-state index contributed by atoms with van der Waals surface area (Å²) >= 11 is 0. The van der Waals surface area contributed by atoms with Gasteiger partial charge in [0, 0.05) is 41.1 Å². The quantitative estimate of drug-likeness (QED) is 0.571. The van der Waals surface area contributed by atoms with Crippen molar-refractivity contribution in [3.8, 4) is 0 Å². The van der Waals surface area contributed by atoms with Gasteiger partial charge >= 0.3 is 5.97 Å². The number of carbonyl (C=O) groups excluding carboxylic acids is 3. The summed E-state index contributed by atoms with van der Waals surface area (Å²) in [5.74, 6) is -2.25. The number of carboxylic acids is 1. The third-order valence-electron chi connectivity index (χ3n) is 10.8. The number of Topliss-reactive ketones (excluding diaryl/α,β-unsaturated/α-hetero) is 3. The van der Waals surface area contributed by atoms with E-state index in [-0.39, 0.29) is 48.6 Å². The predicted octanol–water partition coefficient (Wildman–Crippen LogP) is 3.11. The molecule has 8 atom stereocenters. The summed E-state index contributed by atoms with van der Waals surface area (Å²) in [6, 6.07) is 0. The van der Waals surface area contributed by atoms with Crippen LogP contribution in [0.5, 0.6) is 0 Å². The molecule has 0 amide bonds. The van der Waals surface area contributed by atoms with E-state index in [9.17, 15) is 29.4 Å². The van der Waals surface area contributed by atoms with Crippen molar-refractivity contribution in [2.45, 2.75) is 92.3 Å². The molecule has 0 aromatic heterocycles. The highest BCUT2D eigenvalue weighted by molar-refractivity contribution is 6.08. The summed E-state index contributed by atoms with van der Waals surface area (Å²) in [4.78, 5) is 51.7. The predicted molar refractivity (Wildman–Crippen MR) is 124 cm³/mol. The lowest BCUT2D eigenvalue weighted by Gasteiger charge is -2.61. The maximum Gasteiger partial charge on any atom is 0.303 e. The number of fused-ring (bicyclic) bond motifs is 4. The summed E-state index contributed by atoms with van der Waals surface area (Å²) in [6.45, 7) is 11.1. The van der Waals surface area contributed by atoms with Gasteiger partial charge in [-0.1, -0.05) is 34.6 Å². The number of hydrogen-bond acceptors (Lipinski definition) is 6. The van der Waals surface area contributed by atoms with Crippen molar-refractivity contribution in [2.75, 3.05) is 0 Å². The molecule has 0 unspecified atom stereocenters. The standard InChI is InChI=1S/C27H38O7/c1-13(7-8-19(31)32)14-11-18(30)27(6)20-15(28)12-16-24(2,3)17(29)9-10-25(16,4)21(20)22(33)23(34)26(14,27)5/h13-16,23,28,34H,7-12H2,1-6H3,(H,31,32)/t13-,14+,15-,16-,23+,25-,26-,27-/m0/s1. The number of aliphatic hydroxyl groups is 2. The number of aliphatic carboxylic acids is 1. The van der Waals surface area contributed by atoms with Crippen LogP contribution in [0.1, 0.15) is 80.1 Å². The Balaban J connectivity index is 1.91. The summed E-state index contributed by atoms with van der Waals surface area (Å²) in [5.41, 5.74) is -3.04. The van der Waals surface area contributed by atoms with Crippen molar-refractivity contribution in [1.29, 1.82) is 0 Å². The molecule has 7 nitrogen and oxygen atoms in total. The first kappa shape index (κ1) is 25.2. The minimum Gasteiger partial charge on any atom is -0.481 e. The van der Waals surface area contributed by atoms with Crippen molar-refractivity contribution in [2.24, 2.45) is 39.4 Å². The van der Waals surface area contributed by atoms with E-state index in [4.69, 9.17) is 5.11 Å². The van der Waals surface area contributed by atoms with Gasteiger partial charge < -0.3 is 15.3 Å². The topological polar surface area (TPSA) is 129 Å². The molecule has 188 valence electrons. The lowest BCUT2D eigenvalue weighted by molar-refractivity contribution is -0.158. The van der Waals surface area contributed by atoms with Gasteiger partial charge in [-0.15, -0.1) is 0 Å². The maximum absolute atomic E-state index is 14.0. The van der Waals surface area contributed by atoms with E-state index in [2.05, 4.69) is 0 Å². The summed E-state index contributed by atoms with van der Waals surface area (Å²) in [5, 5.41) is 32.2. The SMILES string of the molecule is C[C@@H](CCC(=O)O)[C@H]1CC(=O)[C@@]2(C)C3=C(C(=O)[C@@H](O)[C@]12C)[C@@]1(C)CCC(=O)C(C)(C)[C@@H]1C[C@@H]3O. The fourth-order valence-corrected chi connectivity index (χ4v) is 8.48. The Morgan fingerprint density at radius 2 is 1.68 bits per heavy atom. The Kier molecular flexibility index (Phi) is 5.62. The first-order valence-electron chi connectivity index (χ1n) is 12.5. The molecule has 0 spiro atoms. The number of hydrogen-bond donors (Lipinski definition) is 3. The lowest BCUT2D eigenvalue weighted by atomic mass is 9.42. The molecule has 2 fully saturated rings. The molecule has 4 rings (SSSR count). The van der Waals surface area contributed by atoms with Gasteiger partial charge in [-0.3, -0.25) is 19.2 Å². The van der Waals surface area contributed by atoms with Gasteiger partial charge in [-0.25, -0.2) is 0 Å². The highest BCUT2D eigenvalue weighted by Gasteiger charge is 2.73. The van der Waals surface area contributed by atoms with E-state index in [0.29, 0.717) is 30.4 Å². The first-order valence-corrected chi connectivity index (χ1v) is 12.5. The average Bonchev–Trinajstić information content (AvgIpc) is 2.97. The Morgan fingerprint density at radius 1 is 1.06 bits per heavy atom. The normalized spacial score (nSPS) is 44.4. The van der Waals surface area contributed by atoms with Gasteiger partial charge in [0.1, 0.15) is 17.7 Å². The number of rotatable bonds is 4. The highest BCUT2D eigenvalue weighted by atomic mass is 16.4. The number of carboxylic acid groups (broad SMARTS) is 1. The van der Waals surface area contributed by atoms with Gasteiger partial charge in [-0.2, -0.15) is 0 Å². The maximum atomic E-state index is 14.0. The Morgan fingerprint density at radius 3 is 2.26 bits per heavy atom. The molecule has 0 aromatic rings. The first-order chi connectivity index (χ1) is 15.6. The largest absolute Gasteiger partial charge is 0.481 e. The summed E-state index contributed by atoms with van der Waals surface area (Å²) in [7, 11) is 0. The lowest BCUT2D eigenvalue weighted by Crippen LogP contribution is -2.64. The Bertz CT molecular complexity index is 1010. The Labute approximate surface area is 201 Å². The third-order valence-corrected chi connectivity index (χ3v) is 10.8. The van der Waals surface area contributed by atoms with E-state index in [1.165, 1.54) is 0 Å². The zero-order chi connectivity index (χ0) is 25.6. The molecule has 0 saturated heterocycles. The molecular weight excluding hydrogens is 436 g/mol. The van der Waals surface area contributed by atoms with E-state index < -0.39 is 45.6 Å². The monoisotopic (exact) mass is 474 g/mol. The number of ketones is 3. The molecule has 0 aromatic carbocycles. The van der Waals surface area contributed by atoms with Crippen LogP contribution in [0.25, 0.3) is 0 Å². The van der Waals surface area contributed by atoms with Crippen molar-refractivity contribution in [3.05, 3.63) is 11.1 Å². The average molecular weight is 475 g/mol. The second-order valence-corrected chi connectivity index (χ2v) is 12.5. The molecule has 0 heterocycles. The van der Waals surface area contributed by atoms with Gasteiger partial charge in [0.05, 0.1) is 11.5 Å². The van der Waals surface area contributed by atoms with Gasteiger partial charge in [-0.05, 0) is 49.5 Å². The fourth-order valence-electron chi connectivity index (χ4n) is 8.48. The van der Waals surface area contributed by atoms with Crippen LogP contribution in [0.3, 0.4) is 0 Å². The second kappa shape index (κ2) is 7.57. The van der Waals surface area contributed by atoms with Gasteiger partial charge in [0.15, 0.2) is 5.78 Å². The molecule has 4 aliphatic carbocycles. The fraction of sp³-hybridized carbons (Fsp3) is 0.778. The molecule has 0 bridgehead atoms. The van der Waals surface area contributed by atoms with E-state index in [1.807, 2.05) is 27.7 Å². The summed E-state index contributed by atoms with van der Waals surface area (Å²) in [6.07, 6.45) is -1.04. The number of carbonyl (C=O) groups is 4. The van der Waals surface area contributed by atoms with Crippen LogP contribution >= 0.6 is 0 Å². The van der Waals surface area contributed by atoms with Crippen LogP contribution in [0.15, 0.2) is 11.1 Å². The molecule has 2 saturated carbocycles. The van der Waals surface area contributed by atoms with Crippen LogP contribution in [-0.4, -0.2) is 50.8 Å². The van der Waals surface area contributed by atoms with E-state index in [0.717, 1.165) is 0 Å². The molecule has 4 aliphatic rings. The minimum atomic E-state index is -1.44. The molecule has 0 radical (unpaired) electrons. The van der Waals surface area contributed by atoms with Crippen LogP contribution in [0, 0.1) is 39.4 Å². The molecule has 7 heteroatoms. The molecular formula is C27H38O7. The second-order valence-electron chi connectivity index (χ2n) is 12.5. The minimum absolute atomic E-state index is 0.0534. The summed E-state index contributed by atoms with van der Waals surface area (Å²) < 4.78 is 0. The zero-order valence-electron chi connectivity index (χ0n) is 21.1. The highest BCUT2D eigenvalue weighted by Crippen LogP contribution is 2.70. The smallest absolute Gasteiger partial charge is 0.303 e. The van der Waals surface area contributed by atoms with Gasteiger partial charge in [0.2, 0.25) is 0 Å². The molecule has 0 aliphatic heterocycles. The number of aliphatic hydroxyl groups excluding tert-OH is 2. The van der Waals surface area contributed by atoms with Crippen molar-refractivity contribution >= 4 is 23.3 Å². The Hall–Kier alpha value is -1.86.